The predicted octanol–water partition coefficient (Wildman–Crippen LogP) is 3.51. The Labute approximate surface area is 155 Å². The highest BCUT2D eigenvalue weighted by molar-refractivity contribution is 5.98. The number of fused-ring (bicyclic) bond motifs is 1. The zero-order valence-corrected chi connectivity index (χ0v) is 16.0. The second kappa shape index (κ2) is 7.68. The van der Waals surface area contributed by atoms with Crippen LogP contribution in [0.25, 0.3) is 10.9 Å². The summed E-state index contributed by atoms with van der Waals surface area (Å²) in [5.41, 5.74) is 9.50. The molecule has 1 amide bonds. The highest BCUT2D eigenvalue weighted by Crippen LogP contribution is 2.30. The van der Waals surface area contributed by atoms with E-state index in [0.717, 1.165) is 36.1 Å². The summed E-state index contributed by atoms with van der Waals surface area (Å²) in [4.78, 5) is 19.4. The van der Waals surface area contributed by atoms with Crippen LogP contribution in [0.15, 0.2) is 24.3 Å². The van der Waals surface area contributed by atoms with E-state index in [4.69, 9.17) is 5.73 Å². The maximum Gasteiger partial charge on any atom is 0.255 e. The van der Waals surface area contributed by atoms with Crippen molar-refractivity contribution in [1.82, 2.24) is 9.88 Å². The molecule has 1 aliphatic rings. The molecule has 1 aromatic carbocycles. The molecule has 1 aromatic heterocycles. The third-order valence-corrected chi connectivity index (χ3v) is 4.73. The van der Waals surface area contributed by atoms with Gasteiger partial charge in [0, 0.05) is 18.5 Å². The third kappa shape index (κ3) is 3.82. The lowest BCUT2D eigenvalue weighted by molar-refractivity contribution is 0.0776. The van der Waals surface area contributed by atoms with E-state index < -0.39 is 0 Å². The number of aromatic nitrogens is 1. The van der Waals surface area contributed by atoms with Crippen LogP contribution >= 0.6 is 24.8 Å². The summed E-state index contributed by atoms with van der Waals surface area (Å²) in [6.07, 6.45) is 0.967. The number of likely N-dealkylation sites (tertiary alicyclic amines) is 1. The lowest BCUT2D eigenvalue weighted by Crippen LogP contribution is -2.34. The monoisotopic (exact) mass is 369 g/mol. The Morgan fingerprint density at radius 2 is 2.00 bits per heavy atom. The largest absolute Gasteiger partial charge is 0.338 e. The number of amides is 1. The molecule has 1 saturated heterocycles. The van der Waals surface area contributed by atoms with E-state index in [1.54, 1.807) is 0 Å². The number of nitrogens with zero attached hydrogens (tertiary/aromatic N) is 2. The fraction of sp³-hybridized carbons (Fsp3) is 0.444. The number of rotatable bonds is 2. The molecule has 3 rings (SSSR count). The second-order valence-corrected chi connectivity index (χ2v) is 6.81. The van der Waals surface area contributed by atoms with E-state index in [1.807, 2.05) is 36.9 Å². The van der Waals surface area contributed by atoms with Gasteiger partial charge in [0.2, 0.25) is 0 Å². The van der Waals surface area contributed by atoms with Gasteiger partial charge in [-0.15, -0.1) is 24.8 Å². The molecule has 1 fully saturated rings. The molecular weight excluding hydrogens is 345 g/mol. The summed E-state index contributed by atoms with van der Waals surface area (Å²) in [6, 6.07) is 8.11. The van der Waals surface area contributed by atoms with Crippen LogP contribution in [0.4, 0.5) is 0 Å². The van der Waals surface area contributed by atoms with Gasteiger partial charge in [-0.1, -0.05) is 18.6 Å². The summed E-state index contributed by atoms with van der Waals surface area (Å²) < 4.78 is 0. The molecule has 1 aliphatic heterocycles. The number of aryl methyl sites for hydroxylation is 2. The molecule has 6 heteroatoms. The summed E-state index contributed by atoms with van der Waals surface area (Å²) in [7, 11) is 0. The normalized spacial score (nSPS) is 19.8. The Balaban J connectivity index is 0.00000144. The van der Waals surface area contributed by atoms with Gasteiger partial charge in [-0.05, 0) is 50.4 Å². The van der Waals surface area contributed by atoms with Gasteiger partial charge in [0.1, 0.15) is 0 Å². The van der Waals surface area contributed by atoms with Gasteiger partial charge >= 0.3 is 0 Å². The fourth-order valence-electron chi connectivity index (χ4n) is 3.14. The maximum atomic E-state index is 12.8. The number of hydrogen-bond acceptors (Lipinski definition) is 3. The fourth-order valence-corrected chi connectivity index (χ4v) is 3.14. The van der Waals surface area contributed by atoms with Crippen molar-refractivity contribution < 1.29 is 4.79 Å². The molecule has 24 heavy (non-hydrogen) atoms. The predicted molar refractivity (Wildman–Crippen MR) is 103 cm³/mol. The van der Waals surface area contributed by atoms with Crippen LogP contribution in [0.5, 0.6) is 0 Å². The minimum Gasteiger partial charge on any atom is -0.338 e. The smallest absolute Gasteiger partial charge is 0.255 e. The number of carbonyl (C=O) groups excluding carboxylic acids is 1. The summed E-state index contributed by atoms with van der Waals surface area (Å²) in [6.45, 7) is 8.23. The van der Waals surface area contributed by atoms with E-state index >= 15 is 0 Å². The molecule has 0 spiro atoms. The lowest BCUT2D eigenvalue weighted by Gasteiger charge is -2.23. The number of pyridine rings is 1. The molecule has 0 radical (unpaired) electrons. The van der Waals surface area contributed by atoms with Crippen molar-refractivity contribution in [3.63, 3.8) is 0 Å². The standard InChI is InChI=1S/C18H23N3O.2ClH/c1-12-4-5-16-14(8-12)9-15(13(2)20-16)17(22)21-7-6-18(3,10-19)11-21;;/h4-5,8-9H,6-7,10-11,19H2,1-3H3;2*1H. The van der Waals surface area contributed by atoms with Crippen molar-refractivity contribution >= 4 is 41.6 Å². The van der Waals surface area contributed by atoms with E-state index in [9.17, 15) is 4.79 Å². The molecule has 2 heterocycles. The minimum absolute atomic E-state index is 0. The van der Waals surface area contributed by atoms with Crippen LogP contribution in [0, 0.1) is 19.3 Å². The molecule has 1 atom stereocenters. The van der Waals surface area contributed by atoms with Gasteiger partial charge < -0.3 is 10.6 Å². The highest BCUT2D eigenvalue weighted by atomic mass is 35.5. The average Bonchev–Trinajstić information content (AvgIpc) is 2.89. The third-order valence-electron chi connectivity index (χ3n) is 4.73. The number of benzene rings is 1. The first-order valence-corrected chi connectivity index (χ1v) is 7.79. The number of nitrogens with two attached hydrogens (primary N) is 1. The Kier molecular flexibility index (Phi) is 6.62. The van der Waals surface area contributed by atoms with Crippen LogP contribution in [0.2, 0.25) is 0 Å². The van der Waals surface area contributed by atoms with Gasteiger partial charge in [-0.25, -0.2) is 0 Å². The summed E-state index contributed by atoms with van der Waals surface area (Å²) in [5.74, 6) is 0.0746. The SMILES string of the molecule is Cc1ccc2nc(C)c(C(=O)N3CCC(C)(CN)C3)cc2c1.Cl.Cl. The first-order valence-electron chi connectivity index (χ1n) is 7.79. The zero-order valence-electron chi connectivity index (χ0n) is 14.3. The maximum absolute atomic E-state index is 12.8. The van der Waals surface area contributed by atoms with E-state index in [1.165, 1.54) is 5.56 Å². The Bertz CT molecular complexity index is 750. The lowest BCUT2D eigenvalue weighted by atomic mass is 9.90. The summed E-state index contributed by atoms with van der Waals surface area (Å²) in [5, 5.41) is 1.02. The average molecular weight is 370 g/mol. The van der Waals surface area contributed by atoms with Crippen molar-refractivity contribution in [2.45, 2.75) is 27.2 Å². The van der Waals surface area contributed by atoms with Crippen LogP contribution in [-0.2, 0) is 0 Å². The molecule has 1 unspecified atom stereocenters. The quantitative estimate of drug-likeness (QED) is 0.880. The molecule has 4 nitrogen and oxygen atoms in total. The Hall–Kier alpha value is -1.36. The van der Waals surface area contributed by atoms with E-state index in [-0.39, 0.29) is 36.1 Å². The van der Waals surface area contributed by atoms with Gasteiger partial charge in [0.05, 0.1) is 16.8 Å². The van der Waals surface area contributed by atoms with Crippen molar-refractivity contribution in [2.24, 2.45) is 11.1 Å². The molecule has 0 aliphatic carbocycles. The van der Waals surface area contributed by atoms with Crippen molar-refractivity contribution in [3.05, 3.63) is 41.1 Å². The second-order valence-electron chi connectivity index (χ2n) is 6.81. The Morgan fingerprint density at radius 1 is 1.29 bits per heavy atom. The molecule has 0 bridgehead atoms. The first kappa shape index (κ1) is 20.7. The topological polar surface area (TPSA) is 59.2 Å². The van der Waals surface area contributed by atoms with Crippen LogP contribution in [-0.4, -0.2) is 35.4 Å². The van der Waals surface area contributed by atoms with E-state index in [2.05, 4.69) is 18.0 Å². The molecule has 0 saturated carbocycles. The van der Waals surface area contributed by atoms with Crippen LogP contribution < -0.4 is 5.73 Å². The highest BCUT2D eigenvalue weighted by Gasteiger charge is 2.35. The minimum atomic E-state index is 0. The van der Waals surface area contributed by atoms with Crippen molar-refractivity contribution in [1.29, 1.82) is 0 Å². The molecule has 2 aromatic rings. The number of carbonyl (C=O) groups is 1. The number of halogens is 2. The van der Waals surface area contributed by atoms with Crippen LogP contribution in [0.1, 0.15) is 35.0 Å². The van der Waals surface area contributed by atoms with Gasteiger partial charge in [0.25, 0.3) is 5.91 Å². The van der Waals surface area contributed by atoms with Crippen molar-refractivity contribution in [2.75, 3.05) is 19.6 Å². The molecule has 132 valence electrons. The van der Waals surface area contributed by atoms with Gasteiger partial charge in [0.15, 0.2) is 0 Å². The van der Waals surface area contributed by atoms with Crippen molar-refractivity contribution in [3.8, 4) is 0 Å². The Morgan fingerprint density at radius 3 is 2.62 bits per heavy atom. The van der Waals surface area contributed by atoms with Gasteiger partial charge in [-0.3, -0.25) is 9.78 Å². The molecular formula is C18H25Cl2N3O. The summed E-state index contributed by atoms with van der Waals surface area (Å²) >= 11 is 0. The van der Waals surface area contributed by atoms with Gasteiger partial charge in [-0.2, -0.15) is 0 Å². The van der Waals surface area contributed by atoms with E-state index in [0.29, 0.717) is 12.1 Å². The zero-order chi connectivity index (χ0) is 15.9. The molecule has 2 N–H and O–H groups in total. The number of hydrogen-bond donors (Lipinski definition) is 1. The first-order chi connectivity index (χ1) is 10.4. The van der Waals surface area contributed by atoms with Crippen LogP contribution in [0.3, 0.4) is 0 Å².